The van der Waals surface area contributed by atoms with Gasteiger partial charge in [0.2, 0.25) is 0 Å². The first kappa shape index (κ1) is 14.6. The molecule has 0 amide bonds. The van der Waals surface area contributed by atoms with E-state index >= 15 is 0 Å². The van der Waals surface area contributed by atoms with Gasteiger partial charge in [0.1, 0.15) is 6.79 Å². The van der Waals surface area contributed by atoms with Gasteiger partial charge in [0.25, 0.3) is 0 Å². The van der Waals surface area contributed by atoms with Crippen LogP contribution in [0, 0.1) is 11.8 Å². The van der Waals surface area contributed by atoms with Crippen LogP contribution in [-0.2, 0) is 18.9 Å². The molecule has 1 fully saturated rings. The van der Waals surface area contributed by atoms with Crippen LogP contribution in [0.5, 0.6) is 0 Å². The lowest BCUT2D eigenvalue weighted by Gasteiger charge is -2.43. The number of rotatable bonds is 6. The molecule has 1 aliphatic rings. The van der Waals surface area contributed by atoms with E-state index in [4.69, 9.17) is 18.9 Å². The van der Waals surface area contributed by atoms with Gasteiger partial charge in [-0.3, -0.25) is 0 Å². The molecule has 0 aromatic rings. The van der Waals surface area contributed by atoms with Crippen molar-refractivity contribution < 1.29 is 18.9 Å². The third kappa shape index (κ3) is 3.52. The van der Waals surface area contributed by atoms with Gasteiger partial charge >= 0.3 is 0 Å². The topological polar surface area (TPSA) is 36.9 Å². The second kappa shape index (κ2) is 7.11. The molecule has 0 spiro atoms. The highest BCUT2D eigenvalue weighted by atomic mass is 16.7. The van der Waals surface area contributed by atoms with E-state index in [0.717, 1.165) is 6.42 Å². The summed E-state index contributed by atoms with van der Waals surface area (Å²) in [5, 5.41) is 0. The third-order valence-electron chi connectivity index (χ3n) is 3.37. The molecule has 0 aliphatic carbocycles. The lowest BCUT2D eigenvalue weighted by molar-refractivity contribution is -0.269. The molecule has 4 nitrogen and oxygen atoms in total. The first-order valence-corrected chi connectivity index (χ1v) is 6.05. The van der Waals surface area contributed by atoms with E-state index < -0.39 is 0 Å². The standard InChI is InChI=1S/C13H24O4/c1-6-7-11-9(2)12(16-8-14-4)10(3)13(15-5)17-11/h6,9-13H,1,7-8H2,2-5H3. The van der Waals surface area contributed by atoms with Crippen LogP contribution in [0.4, 0.5) is 0 Å². The van der Waals surface area contributed by atoms with Gasteiger partial charge in [-0.05, 0) is 6.42 Å². The quantitative estimate of drug-likeness (QED) is 0.530. The molecule has 1 saturated heterocycles. The highest BCUT2D eigenvalue weighted by Crippen LogP contribution is 2.34. The van der Waals surface area contributed by atoms with E-state index in [1.165, 1.54) is 0 Å². The third-order valence-corrected chi connectivity index (χ3v) is 3.37. The molecule has 5 atom stereocenters. The Labute approximate surface area is 104 Å². The van der Waals surface area contributed by atoms with Crippen LogP contribution in [0.25, 0.3) is 0 Å². The maximum absolute atomic E-state index is 5.90. The number of hydrogen-bond acceptors (Lipinski definition) is 4. The molecule has 100 valence electrons. The predicted octanol–water partition coefficient (Wildman–Crippen LogP) is 2.20. The van der Waals surface area contributed by atoms with E-state index in [9.17, 15) is 0 Å². The zero-order valence-electron chi connectivity index (χ0n) is 11.2. The van der Waals surface area contributed by atoms with Crippen LogP contribution >= 0.6 is 0 Å². The van der Waals surface area contributed by atoms with Crippen molar-refractivity contribution in [1.82, 2.24) is 0 Å². The van der Waals surface area contributed by atoms with Crippen LogP contribution in [0.15, 0.2) is 12.7 Å². The van der Waals surface area contributed by atoms with E-state index in [1.807, 2.05) is 6.08 Å². The Bertz CT molecular complexity index is 231. The van der Waals surface area contributed by atoms with Gasteiger partial charge < -0.3 is 18.9 Å². The first-order chi connectivity index (χ1) is 8.15. The highest BCUT2D eigenvalue weighted by molar-refractivity contribution is 4.89. The van der Waals surface area contributed by atoms with E-state index in [-0.39, 0.29) is 24.4 Å². The minimum atomic E-state index is -0.224. The Balaban J connectivity index is 2.71. The SMILES string of the molecule is C=CCC1OC(OC)C(C)C(OCOC)C1C. The molecule has 5 unspecified atom stereocenters. The van der Waals surface area contributed by atoms with E-state index in [1.54, 1.807) is 14.2 Å². The fourth-order valence-corrected chi connectivity index (χ4v) is 2.42. The van der Waals surface area contributed by atoms with Crippen LogP contribution in [0.3, 0.4) is 0 Å². The van der Waals surface area contributed by atoms with E-state index in [2.05, 4.69) is 20.4 Å². The van der Waals surface area contributed by atoms with Crippen molar-refractivity contribution in [2.75, 3.05) is 21.0 Å². The summed E-state index contributed by atoms with van der Waals surface area (Å²) in [5.41, 5.74) is 0. The summed E-state index contributed by atoms with van der Waals surface area (Å²) in [6, 6.07) is 0. The van der Waals surface area contributed by atoms with Gasteiger partial charge in [-0.1, -0.05) is 19.9 Å². The van der Waals surface area contributed by atoms with E-state index in [0.29, 0.717) is 12.7 Å². The monoisotopic (exact) mass is 244 g/mol. The second-order valence-electron chi connectivity index (χ2n) is 4.56. The average molecular weight is 244 g/mol. The van der Waals surface area contributed by atoms with Gasteiger partial charge in [-0.25, -0.2) is 0 Å². The highest BCUT2D eigenvalue weighted by Gasteiger charge is 2.41. The molecular weight excluding hydrogens is 220 g/mol. The Morgan fingerprint density at radius 2 is 1.94 bits per heavy atom. The van der Waals surface area contributed by atoms with Gasteiger partial charge in [0.05, 0.1) is 12.2 Å². The Morgan fingerprint density at radius 3 is 2.47 bits per heavy atom. The molecule has 0 bridgehead atoms. The molecule has 1 aliphatic heterocycles. The molecule has 0 aromatic carbocycles. The minimum absolute atomic E-state index is 0.0820. The molecule has 1 heterocycles. The summed E-state index contributed by atoms with van der Waals surface area (Å²) in [4.78, 5) is 0. The lowest BCUT2D eigenvalue weighted by Crippen LogP contribution is -2.50. The summed E-state index contributed by atoms with van der Waals surface area (Å²) in [6.45, 7) is 8.28. The summed E-state index contributed by atoms with van der Waals surface area (Å²) < 4.78 is 22.0. The molecular formula is C13H24O4. The van der Waals surface area contributed by atoms with Crippen molar-refractivity contribution in [3.8, 4) is 0 Å². The van der Waals surface area contributed by atoms with Crippen molar-refractivity contribution in [3.05, 3.63) is 12.7 Å². The Hall–Kier alpha value is -0.420. The van der Waals surface area contributed by atoms with Gasteiger partial charge in [-0.15, -0.1) is 6.58 Å². The number of ether oxygens (including phenoxy) is 4. The molecule has 0 saturated carbocycles. The summed E-state index contributed by atoms with van der Waals surface area (Å²) >= 11 is 0. The van der Waals surface area contributed by atoms with Crippen molar-refractivity contribution in [3.63, 3.8) is 0 Å². The van der Waals surface area contributed by atoms with Crippen molar-refractivity contribution in [2.24, 2.45) is 11.8 Å². The summed E-state index contributed by atoms with van der Waals surface area (Å²) in [7, 11) is 3.29. The molecule has 4 heteroatoms. The van der Waals surface area contributed by atoms with Crippen molar-refractivity contribution >= 4 is 0 Å². The van der Waals surface area contributed by atoms with Gasteiger partial charge in [-0.2, -0.15) is 0 Å². The fourth-order valence-electron chi connectivity index (χ4n) is 2.42. The zero-order valence-corrected chi connectivity index (χ0v) is 11.2. The van der Waals surface area contributed by atoms with Crippen LogP contribution in [-0.4, -0.2) is 39.5 Å². The molecule has 17 heavy (non-hydrogen) atoms. The normalized spacial score (nSPS) is 38.0. The fraction of sp³-hybridized carbons (Fsp3) is 0.846. The van der Waals surface area contributed by atoms with Gasteiger partial charge in [0.15, 0.2) is 6.29 Å². The molecule has 0 aromatic heterocycles. The molecule has 0 N–H and O–H groups in total. The average Bonchev–Trinajstić information content (AvgIpc) is 2.33. The maximum atomic E-state index is 5.90. The Morgan fingerprint density at radius 1 is 1.24 bits per heavy atom. The van der Waals surface area contributed by atoms with Gasteiger partial charge in [0, 0.05) is 26.1 Å². The number of hydrogen-bond donors (Lipinski definition) is 0. The largest absolute Gasteiger partial charge is 0.359 e. The van der Waals surface area contributed by atoms with Crippen LogP contribution in [0.1, 0.15) is 20.3 Å². The summed E-state index contributed by atoms with van der Waals surface area (Å²) in [6.07, 6.45) is 2.63. The van der Waals surface area contributed by atoms with Crippen LogP contribution in [0.2, 0.25) is 0 Å². The lowest BCUT2D eigenvalue weighted by atomic mass is 9.84. The molecule has 1 rings (SSSR count). The minimum Gasteiger partial charge on any atom is -0.359 e. The Kier molecular flexibility index (Phi) is 6.12. The summed E-state index contributed by atoms with van der Waals surface area (Å²) in [5.74, 6) is 0.482. The van der Waals surface area contributed by atoms with Crippen molar-refractivity contribution in [1.29, 1.82) is 0 Å². The first-order valence-electron chi connectivity index (χ1n) is 6.05. The van der Waals surface area contributed by atoms with Crippen LogP contribution < -0.4 is 0 Å². The van der Waals surface area contributed by atoms with Crippen molar-refractivity contribution in [2.45, 2.75) is 38.8 Å². The maximum Gasteiger partial charge on any atom is 0.162 e. The molecule has 0 radical (unpaired) electrons. The smallest absolute Gasteiger partial charge is 0.162 e. The zero-order chi connectivity index (χ0) is 12.8. The predicted molar refractivity (Wildman–Crippen MR) is 65.6 cm³/mol. The number of methoxy groups -OCH3 is 2. The second-order valence-corrected chi connectivity index (χ2v) is 4.56.